The number of nitrogens with one attached hydrogen (secondary N) is 2. The number of benzene rings is 1. The average molecular weight is 314 g/mol. The van der Waals surface area contributed by atoms with E-state index in [1.807, 2.05) is 0 Å². The second-order valence-electron chi connectivity index (χ2n) is 5.28. The molecule has 1 aromatic carbocycles. The zero-order valence-electron chi connectivity index (χ0n) is 12.1. The largest absolute Gasteiger partial charge is 0.393 e. The van der Waals surface area contributed by atoms with Gasteiger partial charge in [0.2, 0.25) is 0 Å². The lowest BCUT2D eigenvalue weighted by Crippen LogP contribution is -2.34. The van der Waals surface area contributed by atoms with Crippen molar-refractivity contribution in [3.8, 4) is 0 Å². The molecule has 1 aliphatic heterocycles. The summed E-state index contributed by atoms with van der Waals surface area (Å²) in [6.45, 7) is 1.50. The van der Waals surface area contributed by atoms with Gasteiger partial charge in [-0.05, 0) is 37.3 Å². The Labute approximate surface area is 127 Å². The number of urea groups is 1. The Bertz CT molecular complexity index is 487. The van der Waals surface area contributed by atoms with Gasteiger partial charge in [0.25, 0.3) is 0 Å². The molecule has 1 aromatic rings. The summed E-state index contributed by atoms with van der Waals surface area (Å²) in [6.07, 6.45) is 1.47. The van der Waals surface area contributed by atoms with Crippen LogP contribution >= 0.6 is 0 Å². The van der Waals surface area contributed by atoms with Gasteiger partial charge in [-0.25, -0.2) is 13.6 Å². The van der Waals surface area contributed by atoms with Crippen molar-refractivity contribution >= 4 is 11.7 Å². The monoisotopic (exact) mass is 314 g/mol. The third-order valence-electron chi connectivity index (χ3n) is 3.74. The van der Waals surface area contributed by atoms with Crippen LogP contribution in [0.3, 0.4) is 0 Å². The molecule has 5 nitrogen and oxygen atoms in total. The van der Waals surface area contributed by atoms with Gasteiger partial charge in [0, 0.05) is 19.8 Å². The van der Waals surface area contributed by atoms with Gasteiger partial charge in [0.15, 0.2) is 0 Å². The minimum absolute atomic E-state index is 0.169. The van der Waals surface area contributed by atoms with Crippen molar-refractivity contribution in [3.05, 3.63) is 29.8 Å². The normalized spacial score (nSPS) is 17.0. The number of carbonyl (C=O) groups is 1. The first-order valence-corrected chi connectivity index (χ1v) is 7.32. The number of aliphatic hydroxyl groups excluding tert-OH is 1. The van der Waals surface area contributed by atoms with E-state index in [4.69, 9.17) is 4.74 Å². The number of carbonyl (C=O) groups excluding carboxylic acids is 1. The Kier molecular flexibility index (Phi) is 6.09. The number of anilines is 1. The molecule has 1 aliphatic rings. The van der Waals surface area contributed by atoms with Crippen molar-refractivity contribution in [1.82, 2.24) is 5.32 Å². The van der Waals surface area contributed by atoms with E-state index in [0.29, 0.717) is 19.6 Å². The van der Waals surface area contributed by atoms with Crippen LogP contribution in [0.2, 0.25) is 0 Å². The Morgan fingerprint density at radius 1 is 1.32 bits per heavy atom. The smallest absolute Gasteiger partial charge is 0.319 e. The zero-order chi connectivity index (χ0) is 15.9. The minimum Gasteiger partial charge on any atom is -0.393 e. The van der Waals surface area contributed by atoms with E-state index >= 15 is 0 Å². The number of ether oxygens (including phenoxy) is 1. The molecular formula is C15H20F2N2O3. The second kappa shape index (κ2) is 8.05. The Balaban J connectivity index is 1.73. The topological polar surface area (TPSA) is 70.6 Å². The maximum atomic E-state index is 13.4. The van der Waals surface area contributed by atoms with Crippen molar-refractivity contribution < 1.29 is 23.4 Å². The number of amides is 2. The van der Waals surface area contributed by atoms with Gasteiger partial charge in [-0.2, -0.15) is 0 Å². The first-order chi connectivity index (χ1) is 10.6. The van der Waals surface area contributed by atoms with Crippen LogP contribution in [-0.4, -0.2) is 37.0 Å². The molecule has 0 bridgehead atoms. The van der Waals surface area contributed by atoms with Crippen molar-refractivity contribution in [2.24, 2.45) is 5.92 Å². The van der Waals surface area contributed by atoms with Gasteiger partial charge >= 0.3 is 6.03 Å². The lowest BCUT2D eigenvalue weighted by molar-refractivity contribution is 0.00549. The predicted octanol–water partition coefficient (Wildman–Crippen LogP) is 2.26. The Morgan fingerprint density at radius 3 is 2.59 bits per heavy atom. The zero-order valence-corrected chi connectivity index (χ0v) is 12.1. The van der Waals surface area contributed by atoms with Crippen molar-refractivity contribution in [2.45, 2.75) is 25.4 Å². The van der Waals surface area contributed by atoms with Crippen molar-refractivity contribution in [2.75, 3.05) is 25.1 Å². The molecule has 1 saturated heterocycles. The fourth-order valence-corrected chi connectivity index (χ4v) is 2.44. The lowest BCUT2D eigenvalue weighted by atomic mass is 9.92. The predicted molar refractivity (Wildman–Crippen MR) is 77.5 cm³/mol. The second-order valence-corrected chi connectivity index (χ2v) is 5.28. The number of para-hydroxylation sites is 1. The molecule has 1 atom stereocenters. The number of rotatable bonds is 5. The highest BCUT2D eigenvalue weighted by molar-refractivity contribution is 5.89. The molecule has 0 radical (unpaired) electrons. The van der Waals surface area contributed by atoms with Crippen LogP contribution in [0.1, 0.15) is 19.3 Å². The fourth-order valence-electron chi connectivity index (χ4n) is 2.44. The van der Waals surface area contributed by atoms with Gasteiger partial charge in [-0.1, -0.05) is 6.07 Å². The molecule has 0 spiro atoms. The molecule has 0 aliphatic carbocycles. The summed E-state index contributed by atoms with van der Waals surface area (Å²) < 4.78 is 32.0. The van der Waals surface area contributed by atoms with Crippen molar-refractivity contribution in [1.29, 1.82) is 0 Å². The van der Waals surface area contributed by atoms with Crippen LogP contribution in [-0.2, 0) is 4.74 Å². The van der Waals surface area contributed by atoms with E-state index in [1.165, 1.54) is 6.07 Å². The Hall–Kier alpha value is -1.73. The van der Waals surface area contributed by atoms with E-state index < -0.39 is 29.5 Å². The maximum Gasteiger partial charge on any atom is 0.319 e. The highest BCUT2D eigenvalue weighted by Crippen LogP contribution is 2.20. The summed E-state index contributed by atoms with van der Waals surface area (Å²) in [5.41, 5.74) is -0.482. The minimum atomic E-state index is -0.836. The molecule has 0 saturated carbocycles. The summed E-state index contributed by atoms with van der Waals surface area (Å²) in [5.74, 6) is -1.50. The quantitative estimate of drug-likeness (QED) is 0.781. The molecule has 2 rings (SSSR count). The van der Waals surface area contributed by atoms with E-state index in [-0.39, 0.29) is 12.5 Å². The SMILES string of the molecule is O=C(NCC[C@@H](O)C1CCOCC1)Nc1c(F)cccc1F. The standard InChI is InChI=1S/C15H20F2N2O3/c16-11-2-1-3-12(17)14(11)19-15(21)18-7-4-13(20)10-5-8-22-9-6-10/h1-3,10,13,20H,4-9H2,(H2,18,19,21)/t13-/m1/s1. The number of hydrogen-bond donors (Lipinski definition) is 3. The summed E-state index contributed by atoms with van der Waals surface area (Å²) in [4.78, 5) is 11.6. The summed E-state index contributed by atoms with van der Waals surface area (Å²) in [5, 5.41) is 14.6. The van der Waals surface area contributed by atoms with Crippen LogP contribution < -0.4 is 10.6 Å². The number of aliphatic hydroxyl groups is 1. The van der Waals surface area contributed by atoms with Crippen molar-refractivity contribution in [3.63, 3.8) is 0 Å². The number of hydrogen-bond acceptors (Lipinski definition) is 3. The molecule has 7 heteroatoms. The van der Waals surface area contributed by atoms with Crippen LogP contribution in [0.4, 0.5) is 19.3 Å². The van der Waals surface area contributed by atoms with Crippen LogP contribution in [0.15, 0.2) is 18.2 Å². The highest BCUT2D eigenvalue weighted by atomic mass is 19.1. The molecule has 1 fully saturated rings. The van der Waals surface area contributed by atoms with E-state index in [2.05, 4.69) is 10.6 Å². The summed E-state index contributed by atoms with van der Waals surface area (Å²) >= 11 is 0. The number of halogens is 2. The summed E-state index contributed by atoms with van der Waals surface area (Å²) in [7, 11) is 0. The Morgan fingerprint density at radius 2 is 1.95 bits per heavy atom. The third-order valence-corrected chi connectivity index (χ3v) is 3.74. The van der Waals surface area contributed by atoms with Gasteiger partial charge in [-0.3, -0.25) is 0 Å². The molecule has 1 heterocycles. The van der Waals surface area contributed by atoms with Crippen LogP contribution in [0.5, 0.6) is 0 Å². The van der Waals surface area contributed by atoms with E-state index in [9.17, 15) is 18.7 Å². The highest BCUT2D eigenvalue weighted by Gasteiger charge is 2.22. The first-order valence-electron chi connectivity index (χ1n) is 7.32. The van der Waals surface area contributed by atoms with Crippen LogP contribution in [0, 0.1) is 17.6 Å². The molecular weight excluding hydrogens is 294 g/mol. The lowest BCUT2D eigenvalue weighted by Gasteiger charge is -2.26. The average Bonchev–Trinajstić information content (AvgIpc) is 2.52. The fraction of sp³-hybridized carbons (Fsp3) is 0.533. The molecule has 0 unspecified atom stereocenters. The molecule has 22 heavy (non-hydrogen) atoms. The molecule has 3 N–H and O–H groups in total. The first kappa shape index (κ1) is 16.6. The van der Waals surface area contributed by atoms with Gasteiger partial charge in [-0.15, -0.1) is 0 Å². The third kappa shape index (κ3) is 4.64. The van der Waals surface area contributed by atoms with Gasteiger partial charge in [0.1, 0.15) is 17.3 Å². The molecule has 0 aromatic heterocycles. The van der Waals surface area contributed by atoms with E-state index in [0.717, 1.165) is 25.0 Å². The molecule has 122 valence electrons. The summed E-state index contributed by atoms with van der Waals surface area (Å²) in [6, 6.07) is 2.64. The van der Waals surface area contributed by atoms with Gasteiger partial charge in [0.05, 0.1) is 6.10 Å². The maximum absolute atomic E-state index is 13.4. The van der Waals surface area contributed by atoms with Crippen LogP contribution in [0.25, 0.3) is 0 Å². The van der Waals surface area contributed by atoms with Gasteiger partial charge < -0.3 is 20.5 Å². The van der Waals surface area contributed by atoms with E-state index in [1.54, 1.807) is 0 Å². The molecule has 2 amide bonds.